The van der Waals surface area contributed by atoms with E-state index in [1.807, 2.05) is 79.0 Å². The third-order valence-electron chi connectivity index (χ3n) is 5.51. The molecule has 1 amide bonds. The first kappa shape index (κ1) is 20.6. The molecule has 7 heteroatoms. The molecular formula is C25H24N4O2S. The van der Waals surface area contributed by atoms with E-state index in [9.17, 15) is 9.00 Å². The first-order valence-electron chi connectivity index (χ1n) is 10.8. The lowest BCUT2D eigenvalue weighted by molar-refractivity contribution is 0.0951. The van der Waals surface area contributed by atoms with E-state index in [0.29, 0.717) is 22.3 Å². The van der Waals surface area contributed by atoms with Crippen LogP contribution >= 0.6 is 0 Å². The van der Waals surface area contributed by atoms with Gasteiger partial charge in [0.2, 0.25) is 0 Å². The standard InChI is InChI=1S/C25H24N4O2S/c1-16(2)32(31)25-23-26-14-22(29(23)15-21(28-25)17-6-4-3-5-7-17)18-8-10-19(11-9-18)24(30)27-20-12-13-20/h3-11,14-16,20H,12-13H2,1-2H3,(H,27,30). The van der Waals surface area contributed by atoms with Gasteiger partial charge in [0.25, 0.3) is 5.91 Å². The van der Waals surface area contributed by atoms with Crippen molar-refractivity contribution in [2.75, 3.05) is 0 Å². The predicted octanol–water partition coefficient (Wildman–Crippen LogP) is 4.47. The average molecular weight is 445 g/mol. The van der Waals surface area contributed by atoms with Crippen molar-refractivity contribution in [3.8, 4) is 22.5 Å². The van der Waals surface area contributed by atoms with Gasteiger partial charge in [-0.2, -0.15) is 0 Å². The molecule has 162 valence electrons. The molecule has 2 heterocycles. The van der Waals surface area contributed by atoms with Crippen LogP contribution in [0.4, 0.5) is 0 Å². The number of imidazole rings is 1. The van der Waals surface area contributed by atoms with Gasteiger partial charge >= 0.3 is 0 Å². The molecule has 6 nitrogen and oxygen atoms in total. The highest BCUT2D eigenvalue weighted by atomic mass is 32.2. The van der Waals surface area contributed by atoms with E-state index in [1.165, 1.54) is 0 Å². The summed E-state index contributed by atoms with van der Waals surface area (Å²) in [6, 6.07) is 17.7. The Morgan fingerprint density at radius 2 is 1.78 bits per heavy atom. The molecule has 5 rings (SSSR count). The minimum atomic E-state index is -1.29. The SMILES string of the molecule is CC(C)S(=O)c1nc(-c2ccccc2)cn2c(-c3ccc(C(=O)NC4CC4)cc3)cnc12. The fourth-order valence-corrected chi connectivity index (χ4v) is 4.53. The number of rotatable bonds is 6. The van der Waals surface area contributed by atoms with Crippen LogP contribution in [-0.2, 0) is 10.8 Å². The Morgan fingerprint density at radius 3 is 2.44 bits per heavy atom. The van der Waals surface area contributed by atoms with Crippen molar-refractivity contribution in [3.05, 3.63) is 72.6 Å². The lowest BCUT2D eigenvalue weighted by Crippen LogP contribution is -2.25. The van der Waals surface area contributed by atoms with Crippen LogP contribution in [0, 0.1) is 0 Å². The van der Waals surface area contributed by atoms with Gasteiger partial charge in [-0.05, 0) is 25.0 Å². The number of hydrogen-bond donors (Lipinski definition) is 1. The van der Waals surface area contributed by atoms with Gasteiger partial charge < -0.3 is 5.32 Å². The van der Waals surface area contributed by atoms with Gasteiger partial charge in [-0.3, -0.25) is 13.4 Å². The van der Waals surface area contributed by atoms with Crippen molar-refractivity contribution in [2.24, 2.45) is 0 Å². The second-order valence-corrected chi connectivity index (χ2v) is 10.2. The number of carbonyl (C=O) groups excluding carboxylic acids is 1. The largest absolute Gasteiger partial charge is 0.349 e. The molecular weight excluding hydrogens is 420 g/mol. The van der Waals surface area contributed by atoms with Crippen molar-refractivity contribution in [2.45, 2.75) is 43.0 Å². The lowest BCUT2D eigenvalue weighted by Gasteiger charge is -2.11. The number of carbonyl (C=O) groups is 1. The zero-order valence-corrected chi connectivity index (χ0v) is 18.8. The summed E-state index contributed by atoms with van der Waals surface area (Å²) in [4.78, 5) is 21.6. The Labute approximate surface area is 189 Å². The van der Waals surface area contributed by atoms with E-state index < -0.39 is 10.8 Å². The van der Waals surface area contributed by atoms with E-state index in [4.69, 9.17) is 4.98 Å². The van der Waals surface area contributed by atoms with Gasteiger partial charge in [0.15, 0.2) is 10.7 Å². The van der Waals surface area contributed by atoms with Gasteiger partial charge in [-0.1, -0.05) is 56.3 Å². The van der Waals surface area contributed by atoms with Crippen LogP contribution in [0.15, 0.2) is 72.0 Å². The Morgan fingerprint density at radius 1 is 1.06 bits per heavy atom. The molecule has 0 saturated heterocycles. The van der Waals surface area contributed by atoms with Gasteiger partial charge in [-0.25, -0.2) is 9.97 Å². The number of amides is 1. The topological polar surface area (TPSA) is 76.4 Å². The van der Waals surface area contributed by atoms with Crippen molar-refractivity contribution in [1.82, 2.24) is 19.7 Å². The van der Waals surface area contributed by atoms with Gasteiger partial charge in [0, 0.05) is 34.2 Å². The summed E-state index contributed by atoms with van der Waals surface area (Å²) in [5.41, 5.74) is 4.69. The number of fused-ring (bicyclic) bond motifs is 1. The second kappa shape index (κ2) is 8.31. The normalized spacial score (nSPS) is 14.6. The maximum atomic E-state index is 13.1. The quantitative estimate of drug-likeness (QED) is 0.476. The second-order valence-electron chi connectivity index (χ2n) is 8.31. The summed E-state index contributed by atoms with van der Waals surface area (Å²) in [6.07, 6.45) is 5.82. The molecule has 1 fully saturated rings. The summed E-state index contributed by atoms with van der Waals surface area (Å²) in [5, 5.41) is 3.41. The van der Waals surface area contributed by atoms with Gasteiger partial charge in [0.1, 0.15) is 0 Å². The number of benzene rings is 2. The Kier molecular flexibility index (Phi) is 5.35. The summed E-state index contributed by atoms with van der Waals surface area (Å²) in [5.74, 6) is -0.0395. The molecule has 2 aromatic heterocycles. The van der Waals surface area contributed by atoms with Crippen LogP contribution in [-0.4, -0.2) is 35.8 Å². The van der Waals surface area contributed by atoms with Crippen LogP contribution in [0.3, 0.4) is 0 Å². The third-order valence-corrected chi connectivity index (χ3v) is 7.02. The predicted molar refractivity (Wildman–Crippen MR) is 126 cm³/mol. The fraction of sp³-hybridized carbons (Fsp3) is 0.240. The molecule has 0 aliphatic heterocycles. The summed E-state index contributed by atoms with van der Waals surface area (Å²) in [7, 11) is -1.29. The molecule has 1 aliphatic carbocycles. The average Bonchev–Trinajstić information content (AvgIpc) is 3.53. The minimum absolute atomic E-state index is 0.0395. The summed E-state index contributed by atoms with van der Waals surface area (Å²) in [6.45, 7) is 3.83. The zero-order chi connectivity index (χ0) is 22.2. The highest BCUT2D eigenvalue weighted by Gasteiger charge is 2.24. The Bertz CT molecular complexity index is 1310. The van der Waals surface area contributed by atoms with E-state index in [1.54, 1.807) is 6.20 Å². The van der Waals surface area contributed by atoms with E-state index in [2.05, 4.69) is 10.3 Å². The molecule has 4 aromatic rings. The lowest BCUT2D eigenvalue weighted by atomic mass is 10.1. The molecule has 0 radical (unpaired) electrons. The third kappa shape index (κ3) is 3.96. The van der Waals surface area contributed by atoms with E-state index in [0.717, 1.165) is 35.4 Å². The molecule has 1 atom stereocenters. The molecule has 1 aliphatic rings. The highest BCUT2D eigenvalue weighted by molar-refractivity contribution is 7.85. The minimum Gasteiger partial charge on any atom is -0.349 e. The number of hydrogen-bond acceptors (Lipinski definition) is 4. The van der Waals surface area contributed by atoms with Gasteiger partial charge in [-0.15, -0.1) is 0 Å². The van der Waals surface area contributed by atoms with E-state index >= 15 is 0 Å². The van der Waals surface area contributed by atoms with Crippen LogP contribution in [0.5, 0.6) is 0 Å². The van der Waals surface area contributed by atoms with Crippen LogP contribution in [0.2, 0.25) is 0 Å². The molecule has 1 unspecified atom stereocenters. The first-order chi connectivity index (χ1) is 15.5. The molecule has 1 saturated carbocycles. The van der Waals surface area contributed by atoms with Crippen molar-refractivity contribution in [1.29, 1.82) is 0 Å². The molecule has 2 aromatic carbocycles. The fourth-order valence-electron chi connectivity index (χ4n) is 3.57. The van der Waals surface area contributed by atoms with Crippen molar-refractivity contribution < 1.29 is 9.00 Å². The maximum absolute atomic E-state index is 13.1. The molecule has 1 N–H and O–H groups in total. The monoisotopic (exact) mass is 444 g/mol. The summed E-state index contributed by atoms with van der Waals surface area (Å²) >= 11 is 0. The summed E-state index contributed by atoms with van der Waals surface area (Å²) < 4.78 is 15.0. The number of nitrogens with one attached hydrogen (secondary N) is 1. The van der Waals surface area contributed by atoms with Crippen LogP contribution < -0.4 is 5.32 Å². The van der Waals surface area contributed by atoms with Crippen molar-refractivity contribution in [3.63, 3.8) is 0 Å². The molecule has 32 heavy (non-hydrogen) atoms. The smallest absolute Gasteiger partial charge is 0.251 e. The Balaban J connectivity index is 1.60. The molecule has 0 spiro atoms. The highest BCUT2D eigenvalue weighted by Crippen LogP contribution is 2.28. The maximum Gasteiger partial charge on any atom is 0.251 e. The zero-order valence-electron chi connectivity index (χ0n) is 18.0. The van der Waals surface area contributed by atoms with Crippen LogP contribution in [0.1, 0.15) is 37.0 Å². The van der Waals surface area contributed by atoms with Crippen LogP contribution in [0.25, 0.3) is 28.2 Å². The molecule has 0 bridgehead atoms. The number of aromatic nitrogens is 3. The number of nitrogens with zero attached hydrogens (tertiary/aromatic N) is 3. The van der Waals surface area contributed by atoms with Crippen molar-refractivity contribution >= 4 is 22.4 Å². The first-order valence-corrected chi connectivity index (χ1v) is 12.0. The van der Waals surface area contributed by atoms with Gasteiger partial charge in [0.05, 0.1) is 28.4 Å². The Hall–Kier alpha value is -3.32. The van der Waals surface area contributed by atoms with E-state index in [-0.39, 0.29) is 11.2 Å².